The molecule has 1 aliphatic heterocycles. The van der Waals surface area contributed by atoms with Gasteiger partial charge in [0.05, 0.1) is 0 Å². The zero-order valence-electron chi connectivity index (χ0n) is 11.7. The zero-order valence-corrected chi connectivity index (χ0v) is 12.5. The second kappa shape index (κ2) is 5.77. The Morgan fingerprint density at radius 1 is 1.00 bits per heavy atom. The third-order valence-corrected chi connectivity index (χ3v) is 4.18. The van der Waals surface area contributed by atoms with E-state index in [2.05, 4.69) is 64.6 Å². The molecule has 0 atom stereocenters. The summed E-state index contributed by atoms with van der Waals surface area (Å²) >= 11 is 5.55. The summed E-state index contributed by atoms with van der Waals surface area (Å²) in [5.41, 5.74) is 1.09. The van der Waals surface area contributed by atoms with Gasteiger partial charge in [-0.2, -0.15) is 0 Å². The summed E-state index contributed by atoms with van der Waals surface area (Å²) < 4.78 is 0. The van der Waals surface area contributed by atoms with Crippen LogP contribution in [0.25, 0.3) is 10.8 Å². The van der Waals surface area contributed by atoms with E-state index in [0.29, 0.717) is 0 Å². The van der Waals surface area contributed by atoms with Crippen LogP contribution in [-0.4, -0.2) is 48.1 Å². The van der Waals surface area contributed by atoms with Gasteiger partial charge in [-0.05, 0) is 30.7 Å². The molecule has 0 unspecified atom stereocenters. The summed E-state index contributed by atoms with van der Waals surface area (Å²) in [6.45, 7) is 4.12. The Kier molecular flexibility index (Phi) is 3.85. The van der Waals surface area contributed by atoms with Crippen LogP contribution < -0.4 is 5.32 Å². The number of thiocarbonyl (C=S) groups is 1. The van der Waals surface area contributed by atoms with Crippen molar-refractivity contribution in [2.75, 3.05) is 38.5 Å². The van der Waals surface area contributed by atoms with E-state index in [9.17, 15) is 0 Å². The third-order valence-electron chi connectivity index (χ3n) is 3.82. The molecule has 0 radical (unpaired) electrons. The fourth-order valence-electron chi connectivity index (χ4n) is 2.54. The maximum absolute atomic E-state index is 5.55. The monoisotopic (exact) mass is 285 g/mol. The van der Waals surface area contributed by atoms with E-state index in [0.717, 1.165) is 37.0 Å². The topological polar surface area (TPSA) is 18.5 Å². The van der Waals surface area contributed by atoms with E-state index >= 15 is 0 Å². The first-order chi connectivity index (χ1) is 9.74. The highest BCUT2D eigenvalue weighted by Gasteiger charge is 2.16. The summed E-state index contributed by atoms with van der Waals surface area (Å²) in [7, 11) is 2.15. The number of anilines is 1. The molecule has 0 bridgehead atoms. The number of hydrogen-bond acceptors (Lipinski definition) is 2. The second-order valence-electron chi connectivity index (χ2n) is 5.25. The molecule has 1 aliphatic rings. The van der Waals surface area contributed by atoms with Crippen LogP contribution in [0, 0.1) is 0 Å². The molecule has 20 heavy (non-hydrogen) atoms. The lowest BCUT2D eigenvalue weighted by Crippen LogP contribution is -2.48. The lowest BCUT2D eigenvalue weighted by molar-refractivity contribution is 0.217. The lowest BCUT2D eigenvalue weighted by Gasteiger charge is -2.34. The summed E-state index contributed by atoms with van der Waals surface area (Å²) in [5, 5.41) is 6.69. The zero-order chi connectivity index (χ0) is 13.9. The minimum absolute atomic E-state index is 0.828. The van der Waals surface area contributed by atoms with E-state index in [1.807, 2.05) is 0 Å². The first-order valence-corrected chi connectivity index (χ1v) is 7.37. The van der Waals surface area contributed by atoms with Gasteiger partial charge in [-0.15, -0.1) is 0 Å². The van der Waals surface area contributed by atoms with Crippen molar-refractivity contribution < 1.29 is 0 Å². The average Bonchev–Trinajstić information content (AvgIpc) is 2.48. The molecule has 1 saturated heterocycles. The Labute approximate surface area is 125 Å². The second-order valence-corrected chi connectivity index (χ2v) is 5.63. The molecular formula is C16H19N3S. The summed E-state index contributed by atoms with van der Waals surface area (Å²) in [6.07, 6.45) is 0. The summed E-state index contributed by atoms with van der Waals surface area (Å²) in [6, 6.07) is 14.7. The molecule has 4 heteroatoms. The van der Waals surface area contributed by atoms with Crippen LogP contribution in [-0.2, 0) is 0 Å². The minimum Gasteiger partial charge on any atom is -0.346 e. The summed E-state index contributed by atoms with van der Waals surface area (Å²) in [4.78, 5) is 4.58. The molecule has 1 heterocycles. The van der Waals surface area contributed by atoms with Gasteiger partial charge in [0, 0.05) is 37.3 Å². The molecule has 0 saturated carbocycles. The predicted molar refractivity (Wildman–Crippen MR) is 89.2 cm³/mol. The molecule has 0 aromatic heterocycles. The predicted octanol–water partition coefficient (Wildman–Crippen LogP) is 2.78. The smallest absolute Gasteiger partial charge is 0.173 e. The normalized spacial score (nSPS) is 16.4. The fourth-order valence-corrected chi connectivity index (χ4v) is 2.83. The van der Waals surface area contributed by atoms with Gasteiger partial charge < -0.3 is 15.1 Å². The number of fused-ring (bicyclic) bond motifs is 1. The molecule has 1 N–H and O–H groups in total. The maximum Gasteiger partial charge on any atom is 0.173 e. The van der Waals surface area contributed by atoms with Crippen molar-refractivity contribution in [3.05, 3.63) is 42.5 Å². The first kappa shape index (κ1) is 13.3. The van der Waals surface area contributed by atoms with E-state index in [1.54, 1.807) is 0 Å². The van der Waals surface area contributed by atoms with Crippen molar-refractivity contribution >= 4 is 33.8 Å². The number of rotatable bonds is 1. The van der Waals surface area contributed by atoms with Crippen LogP contribution >= 0.6 is 12.2 Å². The Morgan fingerprint density at radius 2 is 1.70 bits per heavy atom. The number of nitrogens with zero attached hydrogens (tertiary/aromatic N) is 2. The molecule has 104 valence electrons. The van der Waals surface area contributed by atoms with Crippen LogP contribution in [0.1, 0.15) is 0 Å². The van der Waals surface area contributed by atoms with Gasteiger partial charge in [0.25, 0.3) is 0 Å². The molecule has 1 fully saturated rings. The molecule has 0 spiro atoms. The van der Waals surface area contributed by atoms with Crippen molar-refractivity contribution in [3.8, 4) is 0 Å². The average molecular weight is 285 g/mol. The Hall–Kier alpha value is -1.65. The standard InChI is InChI=1S/C16H19N3S/c1-18-9-11-19(12-10-18)16(20)17-15-8-4-6-13-5-2-3-7-14(13)15/h2-8H,9-12H2,1H3,(H,17,20). The van der Waals surface area contributed by atoms with Gasteiger partial charge >= 0.3 is 0 Å². The van der Waals surface area contributed by atoms with Gasteiger partial charge in [-0.1, -0.05) is 36.4 Å². The number of nitrogens with one attached hydrogen (secondary N) is 1. The van der Waals surface area contributed by atoms with Crippen molar-refractivity contribution in [1.82, 2.24) is 9.80 Å². The highest BCUT2D eigenvalue weighted by atomic mass is 32.1. The van der Waals surface area contributed by atoms with E-state index in [-0.39, 0.29) is 0 Å². The Morgan fingerprint density at radius 3 is 2.50 bits per heavy atom. The van der Waals surface area contributed by atoms with E-state index in [4.69, 9.17) is 12.2 Å². The van der Waals surface area contributed by atoms with Crippen molar-refractivity contribution in [2.45, 2.75) is 0 Å². The van der Waals surface area contributed by atoms with Crippen molar-refractivity contribution in [1.29, 1.82) is 0 Å². The van der Waals surface area contributed by atoms with E-state index < -0.39 is 0 Å². The molecule has 2 aromatic rings. The number of likely N-dealkylation sites (N-methyl/N-ethyl adjacent to an activating group) is 1. The first-order valence-electron chi connectivity index (χ1n) is 6.96. The van der Waals surface area contributed by atoms with Gasteiger partial charge in [0.15, 0.2) is 5.11 Å². The number of hydrogen-bond donors (Lipinski definition) is 1. The molecule has 3 rings (SSSR count). The van der Waals surface area contributed by atoms with Crippen LogP contribution in [0.15, 0.2) is 42.5 Å². The third kappa shape index (κ3) is 2.76. The van der Waals surface area contributed by atoms with Crippen LogP contribution in [0.4, 0.5) is 5.69 Å². The van der Waals surface area contributed by atoms with Crippen LogP contribution in [0.3, 0.4) is 0 Å². The van der Waals surface area contributed by atoms with Gasteiger partial charge in [0.1, 0.15) is 0 Å². The maximum atomic E-state index is 5.55. The molecule has 0 amide bonds. The van der Waals surface area contributed by atoms with Crippen molar-refractivity contribution in [3.63, 3.8) is 0 Å². The largest absolute Gasteiger partial charge is 0.346 e. The quantitative estimate of drug-likeness (QED) is 0.812. The molecular weight excluding hydrogens is 266 g/mol. The summed E-state index contributed by atoms with van der Waals surface area (Å²) in [5.74, 6) is 0. The lowest BCUT2D eigenvalue weighted by atomic mass is 10.1. The number of piperazine rings is 1. The fraction of sp³-hybridized carbons (Fsp3) is 0.312. The Bertz CT molecular complexity index is 613. The van der Waals surface area contributed by atoms with Crippen LogP contribution in [0.5, 0.6) is 0 Å². The van der Waals surface area contributed by atoms with Gasteiger partial charge in [-0.25, -0.2) is 0 Å². The Balaban J connectivity index is 1.77. The minimum atomic E-state index is 0.828. The highest BCUT2D eigenvalue weighted by molar-refractivity contribution is 7.80. The van der Waals surface area contributed by atoms with Gasteiger partial charge in [0.2, 0.25) is 0 Å². The van der Waals surface area contributed by atoms with Crippen molar-refractivity contribution in [2.24, 2.45) is 0 Å². The number of benzene rings is 2. The van der Waals surface area contributed by atoms with Gasteiger partial charge in [-0.3, -0.25) is 0 Å². The highest BCUT2D eigenvalue weighted by Crippen LogP contribution is 2.23. The molecule has 0 aliphatic carbocycles. The van der Waals surface area contributed by atoms with E-state index in [1.165, 1.54) is 10.8 Å². The molecule has 3 nitrogen and oxygen atoms in total. The van der Waals surface area contributed by atoms with Crippen LogP contribution in [0.2, 0.25) is 0 Å². The SMILES string of the molecule is CN1CCN(C(=S)Nc2cccc3ccccc23)CC1. The molecule has 2 aromatic carbocycles.